The van der Waals surface area contributed by atoms with Crippen molar-refractivity contribution in [3.05, 3.63) is 45.7 Å². The molecule has 3 aliphatic carbocycles. The maximum atomic E-state index is 13.9. The molecule has 0 spiro atoms. The molecule has 6 N–H and O–H groups in total. The monoisotopic (exact) mass is 541 g/mol. The number of nitrogens with two attached hydrogens (primary N) is 1. The average Bonchev–Trinajstić information content (AvgIpc) is 2.86. The Kier molecular flexibility index (Phi) is 6.62. The van der Waals surface area contributed by atoms with Gasteiger partial charge in [0, 0.05) is 30.1 Å². The van der Waals surface area contributed by atoms with Gasteiger partial charge in [0.05, 0.1) is 31.4 Å². The zero-order valence-electron chi connectivity index (χ0n) is 21.6. The Morgan fingerprint density at radius 2 is 1.82 bits per heavy atom. The topological polar surface area (TPSA) is 191 Å². The molecule has 1 saturated carbocycles. The highest BCUT2D eigenvalue weighted by atomic mass is 16.5. The number of phenols is 1. The third-order valence-corrected chi connectivity index (χ3v) is 8.38. The summed E-state index contributed by atoms with van der Waals surface area (Å²) >= 11 is 0. The number of hydrogen-bond donors (Lipinski definition) is 5. The van der Waals surface area contributed by atoms with E-state index in [1.165, 1.54) is 31.1 Å². The highest BCUT2D eigenvalue weighted by Crippen LogP contribution is 2.52. The van der Waals surface area contributed by atoms with E-state index in [0.717, 1.165) is 0 Å². The van der Waals surface area contributed by atoms with E-state index in [-0.39, 0.29) is 47.6 Å². The second kappa shape index (κ2) is 9.56. The fourth-order valence-corrected chi connectivity index (χ4v) is 6.55. The van der Waals surface area contributed by atoms with Gasteiger partial charge in [0.1, 0.15) is 22.8 Å². The van der Waals surface area contributed by atoms with Crippen LogP contribution in [0.2, 0.25) is 0 Å². The smallest absolute Gasteiger partial charge is 0.255 e. The first-order valence-electron chi connectivity index (χ1n) is 12.7. The number of morpholine rings is 1. The fourth-order valence-electron chi connectivity index (χ4n) is 6.55. The number of likely N-dealkylation sites (N-methyl/N-ethyl adjacent to an activating group) is 1. The number of carbonyl (C=O) groups excluding carboxylic acids is 4. The Labute approximate surface area is 223 Å². The zero-order chi connectivity index (χ0) is 28.4. The van der Waals surface area contributed by atoms with Crippen molar-refractivity contribution in [1.29, 1.82) is 0 Å². The second-order valence-corrected chi connectivity index (χ2v) is 10.8. The highest BCUT2D eigenvalue weighted by molar-refractivity contribution is 6.24. The summed E-state index contributed by atoms with van der Waals surface area (Å²) in [5.41, 5.74) is 2.06. The predicted molar refractivity (Wildman–Crippen MR) is 136 cm³/mol. The van der Waals surface area contributed by atoms with Crippen LogP contribution < -0.4 is 5.73 Å². The van der Waals surface area contributed by atoms with Gasteiger partial charge in [0.25, 0.3) is 5.91 Å². The fraction of sp³-hybridized carbons (Fsp3) is 0.481. The molecule has 1 aliphatic heterocycles. The van der Waals surface area contributed by atoms with Crippen LogP contribution in [0.3, 0.4) is 0 Å². The molecule has 0 bridgehead atoms. The Morgan fingerprint density at radius 3 is 2.44 bits per heavy atom. The standard InChI is InChI=1S/C27H31N3O9/c1-29(2)21-15-10-12-9-14-13(17(32)11-30-5-7-39-8-6-30)3-4-16(31)19(14)22(33)18(12)24(35)27(15,38)25(36)20(23(21)34)26(28)37/h3-4,12,15,21,31,33,36,38H,5-11H2,1-2H3,(H2,28,37)/t12-,15-,21+,27-/m0/s1. The van der Waals surface area contributed by atoms with E-state index in [0.29, 0.717) is 31.9 Å². The van der Waals surface area contributed by atoms with Crippen molar-refractivity contribution in [3.63, 3.8) is 0 Å². The molecule has 12 heteroatoms. The summed E-state index contributed by atoms with van der Waals surface area (Å²) in [5.74, 6) is -7.48. The number of Topliss-reactive ketones (excluding diaryl/α,β-unsaturated/α-hetero) is 3. The number of aliphatic hydroxyl groups excluding tert-OH is 2. The van der Waals surface area contributed by atoms with Gasteiger partial charge in [-0.2, -0.15) is 0 Å². The summed E-state index contributed by atoms with van der Waals surface area (Å²) in [7, 11) is 3.07. The first-order chi connectivity index (χ1) is 18.4. The first-order valence-corrected chi connectivity index (χ1v) is 12.7. The van der Waals surface area contributed by atoms with Crippen LogP contribution in [0.15, 0.2) is 29.0 Å². The molecular weight excluding hydrogens is 510 g/mol. The van der Waals surface area contributed by atoms with E-state index >= 15 is 0 Å². The summed E-state index contributed by atoms with van der Waals surface area (Å²) in [6.45, 7) is 2.29. The number of hydrogen-bond acceptors (Lipinski definition) is 11. The van der Waals surface area contributed by atoms with Crippen LogP contribution in [0.25, 0.3) is 5.76 Å². The van der Waals surface area contributed by atoms with Crippen molar-refractivity contribution in [2.75, 3.05) is 46.9 Å². The molecule has 12 nitrogen and oxygen atoms in total. The Hall–Kier alpha value is -3.58. The lowest BCUT2D eigenvalue weighted by molar-refractivity contribution is -0.153. The number of primary amides is 1. The summed E-state index contributed by atoms with van der Waals surface area (Å²) in [6.07, 6.45) is 0.0195. The predicted octanol–water partition coefficient (Wildman–Crippen LogP) is -0.521. The third kappa shape index (κ3) is 3.97. The molecule has 5 rings (SSSR count). The molecule has 1 amide bonds. The lowest BCUT2D eigenvalue weighted by atomic mass is 9.57. The van der Waals surface area contributed by atoms with Gasteiger partial charge in [0.2, 0.25) is 5.78 Å². The minimum Gasteiger partial charge on any atom is -0.508 e. The SMILES string of the molecule is CN(C)[C@H]1C(=O)C(C(N)=O)=C(O)[C@@]2(O)C(=O)C3=C(O)c4c(O)ccc(C(=O)CN5CCOCC5)c4C[C@H]3C[C@@H]12. The Bertz CT molecular complexity index is 1360. The number of aliphatic hydroxyl groups is 3. The highest BCUT2D eigenvalue weighted by Gasteiger charge is 2.64. The van der Waals surface area contributed by atoms with Crippen LogP contribution >= 0.6 is 0 Å². The molecule has 1 aromatic rings. The van der Waals surface area contributed by atoms with E-state index in [1.54, 1.807) is 0 Å². The summed E-state index contributed by atoms with van der Waals surface area (Å²) < 4.78 is 5.34. The minimum atomic E-state index is -2.70. The molecule has 2 fully saturated rings. The molecule has 0 unspecified atom stereocenters. The van der Waals surface area contributed by atoms with Crippen LogP contribution in [-0.2, 0) is 25.5 Å². The van der Waals surface area contributed by atoms with E-state index in [2.05, 4.69) is 0 Å². The van der Waals surface area contributed by atoms with Crippen LogP contribution in [-0.4, -0.2) is 112 Å². The Balaban J connectivity index is 1.63. The van der Waals surface area contributed by atoms with Gasteiger partial charge in [-0.3, -0.25) is 29.0 Å². The van der Waals surface area contributed by atoms with Crippen LogP contribution in [0.4, 0.5) is 0 Å². The number of nitrogens with zero attached hydrogens (tertiary/aromatic N) is 2. The van der Waals surface area contributed by atoms with Crippen molar-refractivity contribution >= 4 is 29.0 Å². The number of rotatable bonds is 5. The lowest BCUT2D eigenvalue weighted by Crippen LogP contribution is -2.65. The van der Waals surface area contributed by atoms with Crippen molar-refractivity contribution < 1.29 is 44.3 Å². The van der Waals surface area contributed by atoms with E-state index in [1.807, 2.05) is 4.90 Å². The maximum Gasteiger partial charge on any atom is 0.255 e. The third-order valence-electron chi connectivity index (χ3n) is 8.38. The summed E-state index contributed by atoms with van der Waals surface area (Å²) in [5, 5.41) is 44.5. The number of ketones is 3. The second-order valence-electron chi connectivity index (χ2n) is 10.8. The molecule has 1 aromatic carbocycles. The van der Waals surface area contributed by atoms with Gasteiger partial charge in [-0.1, -0.05) is 0 Å². The lowest BCUT2D eigenvalue weighted by Gasteiger charge is -2.50. The molecule has 4 aliphatic rings. The van der Waals surface area contributed by atoms with Crippen LogP contribution in [0, 0.1) is 11.8 Å². The van der Waals surface area contributed by atoms with Crippen molar-refractivity contribution in [1.82, 2.24) is 9.80 Å². The molecule has 0 radical (unpaired) electrons. The largest absolute Gasteiger partial charge is 0.508 e. The number of fused-ring (bicyclic) bond motifs is 3. The van der Waals surface area contributed by atoms with E-state index in [9.17, 15) is 39.6 Å². The minimum absolute atomic E-state index is 0.0431. The maximum absolute atomic E-state index is 13.9. The van der Waals surface area contributed by atoms with Gasteiger partial charge < -0.3 is 30.9 Å². The molecule has 0 aromatic heterocycles. The van der Waals surface area contributed by atoms with E-state index < -0.39 is 58.0 Å². The van der Waals surface area contributed by atoms with Gasteiger partial charge in [-0.05, 0) is 50.6 Å². The number of aromatic hydroxyl groups is 1. The average molecular weight is 542 g/mol. The summed E-state index contributed by atoms with van der Waals surface area (Å²) in [4.78, 5) is 55.8. The molecular formula is C27H31N3O9. The first kappa shape index (κ1) is 27.0. The molecule has 1 heterocycles. The number of benzene rings is 1. The van der Waals surface area contributed by atoms with Crippen molar-refractivity contribution in [3.8, 4) is 5.75 Å². The molecule has 4 atom stereocenters. The van der Waals surface area contributed by atoms with Crippen LogP contribution in [0.5, 0.6) is 5.75 Å². The number of ether oxygens (including phenoxy) is 1. The molecule has 208 valence electrons. The van der Waals surface area contributed by atoms with Crippen molar-refractivity contribution in [2.45, 2.75) is 24.5 Å². The quantitative estimate of drug-likeness (QED) is 0.238. The van der Waals surface area contributed by atoms with Gasteiger partial charge in [-0.15, -0.1) is 0 Å². The number of carbonyl (C=O) groups is 4. The van der Waals surface area contributed by atoms with Crippen LogP contribution in [0.1, 0.15) is 27.9 Å². The van der Waals surface area contributed by atoms with E-state index in [4.69, 9.17) is 10.5 Å². The van der Waals surface area contributed by atoms with Gasteiger partial charge in [0.15, 0.2) is 17.2 Å². The van der Waals surface area contributed by atoms with Crippen molar-refractivity contribution in [2.24, 2.45) is 17.6 Å². The number of phenolic OH excluding ortho intramolecular Hbond substituents is 1. The normalized spacial score (nSPS) is 29.3. The summed E-state index contributed by atoms with van der Waals surface area (Å²) in [6, 6.07) is 1.57. The van der Waals surface area contributed by atoms with Gasteiger partial charge >= 0.3 is 0 Å². The number of amides is 1. The molecule has 39 heavy (non-hydrogen) atoms. The zero-order valence-corrected chi connectivity index (χ0v) is 21.6. The Morgan fingerprint density at radius 1 is 1.15 bits per heavy atom. The van der Waals surface area contributed by atoms with Gasteiger partial charge in [-0.25, -0.2) is 0 Å². The molecule has 1 saturated heterocycles.